The highest BCUT2D eigenvalue weighted by Gasteiger charge is 2.14. The molecule has 0 saturated heterocycles. The molecule has 1 N–H and O–H groups in total. The Morgan fingerprint density at radius 3 is 2.56 bits per heavy atom. The first kappa shape index (κ1) is 13.7. The highest BCUT2D eigenvalue weighted by atomic mass is 19.1. The van der Waals surface area contributed by atoms with Crippen molar-refractivity contribution in [3.63, 3.8) is 0 Å². The number of benzene rings is 1. The molecule has 0 radical (unpaired) electrons. The molecule has 18 heavy (non-hydrogen) atoms. The second-order valence-electron chi connectivity index (χ2n) is 4.00. The number of hydrogen-bond donors (Lipinski definition) is 1. The van der Waals surface area contributed by atoms with Crippen LogP contribution in [0.2, 0.25) is 0 Å². The van der Waals surface area contributed by atoms with Gasteiger partial charge in [0.1, 0.15) is 17.4 Å². The van der Waals surface area contributed by atoms with E-state index in [0.717, 1.165) is 0 Å². The number of hydrogen-bond acceptors (Lipinski definition) is 3. The molecule has 0 bridgehead atoms. The third kappa shape index (κ3) is 2.66. The summed E-state index contributed by atoms with van der Waals surface area (Å²) in [5.74, 6) is -1.83. The van der Waals surface area contributed by atoms with Crippen LogP contribution in [-0.2, 0) is 4.79 Å². The van der Waals surface area contributed by atoms with Crippen LogP contribution in [0.5, 0.6) is 0 Å². The molecule has 0 aliphatic carbocycles. The number of nitrogens with zero attached hydrogens (tertiary/aromatic N) is 2. The van der Waals surface area contributed by atoms with Gasteiger partial charge in [-0.2, -0.15) is 5.26 Å². The SMILES string of the molecule is C/C(=C\c1ccc(N(C)C)c(C#N)c1F)C(=O)O. The normalized spacial score (nSPS) is 10.9. The highest BCUT2D eigenvalue weighted by Crippen LogP contribution is 2.25. The van der Waals surface area contributed by atoms with E-state index < -0.39 is 11.8 Å². The van der Waals surface area contributed by atoms with Crippen LogP contribution in [0.1, 0.15) is 18.1 Å². The summed E-state index contributed by atoms with van der Waals surface area (Å²) in [6.07, 6.45) is 1.21. The van der Waals surface area contributed by atoms with E-state index in [-0.39, 0.29) is 16.7 Å². The minimum atomic E-state index is -1.12. The lowest BCUT2D eigenvalue weighted by atomic mass is 10.1. The van der Waals surface area contributed by atoms with Crippen molar-refractivity contribution < 1.29 is 14.3 Å². The van der Waals surface area contributed by atoms with Gasteiger partial charge in [-0.1, -0.05) is 0 Å². The molecule has 94 valence electrons. The smallest absolute Gasteiger partial charge is 0.331 e. The van der Waals surface area contributed by atoms with Gasteiger partial charge in [0.25, 0.3) is 0 Å². The summed E-state index contributed by atoms with van der Waals surface area (Å²) in [6, 6.07) is 4.84. The molecule has 5 heteroatoms. The van der Waals surface area contributed by atoms with Gasteiger partial charge in [-0.3, -0.25) is 0 Å². The summed E-state index contributed by atoms with van der Waals surface area (Å²) < 4.78 is 14.0. The molecule has 0 amide bonds. The quantitative estimate of drug-likeness (QED) is 0.833. The lowest BCUT2D eigenvalue weighted by Crippen LogP contribution is -2.11. The van der Waals surface area contributed by atoms with Crippen LogP contribution < -0.4 is 4.90 Å². The van der Waals surface area contributed by atoms with Crippen molar-refractivity contribution >= 4 is 17.7 Å². The first-order valence-corrected chi connectivity index (χ1v) is 5.20. The molecule has 0 aromatic heterocycles. The molecule has 0 spiro atoms. The average molecular weight is 248 g/mol. The molecule has 0 aliphatic heterocycles. The van der Waals surface area contributed by atoms with Crippen LogP contribution >= 0.6 is 0 Å². The Morgan fingerprint density at radius 1 is 1.50 bits per heavy atom. The first-order chi connectivity index (χ1) is 8.38. The van der Waals surface area contributed by atoms with Crippen molar-refractivity contribution in [1.82, 2.24) is 0 Å². The maximum atomic E-state index is 14.0. The van der Waals surface area contributed by atoms with Gasteiger partial charge in [-0.25, -0.2) is 9.18 Å². The van der Waals surface area contributed by atoms with Gasteiger partial charge in [0.15, 0.2) is 0 Å². The van der Waals surface area contributed by atoms with Crippen molar-refractivity contribution in [2.75, 3.05) is 19.0 Å². The molecule has 0 saturated carbocycles. The monoisotopic (exact) mass is 248 g/mol. The Labute approximate surface area is 105 Å². The van der Waals surface area contributed by atoms with Gasteiger partial charge in [0.05, 0.1) is 5.69 Å². The Hall–Kier alpha value is -2.35. The number of nitriles is 1. The third-order valence-corrected chi connectivity index (χ3v) is 2.45. The molecule has 1 aromatic rings. The number of halogens is 1. The second-order valence-corrected chi connectivity index (χ2v) is 4.00. The van der Waals surface area contributed by atoms with Gasteiger partial charge in [0.2, 0.25) is 0 Å². The fourth-order valence-electron chi connectivity index (χ4n) is 1.47. The van der Waals surface area contributed by atoms with Gasteiger partial charge >= 0.3 is 5.97 Å². The highest BCUT2D eigenvalue weighted by molar-refractivity contribution is 5.91. The number of carbonyl (C=O) groups is 1. The fourth-order valence-corrected chi connectivity index (χ4v) is 1.47. The van der Waals surface area contributed by atoms with Crippen molar-refractivity contribution in [1.29, 1.82) is 5.26 Å². The number of anilines is 1. The van der Waals surface area contributed by atoms with Crippen molar-refractivity contribution in [2.24, 2.45) is 0 Å². The molecule has 0 heterocycles. The van der Waals surface area contributed by atoms with E-state index in [4.69, 9.17) is 10.4 Å². The maximum Gasteiger partial charge on any atom is 0.331 e. The second kappa shape index (κ2) is 5.32. The summed E-state index contributed by atoms with van der Waals surface area (Å²) >= 11 is 0. The molecule has 0 aliphatic rings. The molecular formula is C13H13FN2O2. The summed E-state index contributed by atoms with van der Waals surface area (Å²) in [5, 5.41) is 17.7. The van der Waals surface area contributed by atoms with Crippen molar-refractivity contribution in [2.45, 2.75) is 6.92 Å². The largest absolute Gasteiger partial charge is 0.478 e. The lowest BCUT2D eigenvalue weighted by Gasteiger charge is -2.15. The standard InChI is InChI=1S/C13H13FN2O2/c1-8(13(17)18)6-9-4-5-11(16(2)3)10(7-15)12(9)14/h4-6H,1-3H3,(H,17,18)/b8-6+. The topological polar surface area (TPSA) is 64.3 Å². The predicted octanol–water partition coefficient (Wildman–Crippen LogP) is 2.25. The molecule has 0 atom stereocenters. The predicted molar refractivity (Wildman–Crippen MR) is 66.7 cm³/mol. The zero-order valence-corrected chi connectivity index (χ0v) is 10.4. The maximum absolute atomic E-state index is 14.0. The van der Waals surface area contributed by atoms with Crippen LogP contribution in [0.15, 0.2) is 17.7 Å². The summed E-state index contributed by atoms with van der Waals surface area (Å²) in [6.45, 7) is 1.37. The number of rotatable bonds is 3. The number of carboxylic acids is 1. The molecule has 0 fully saturated rings. The average Bonchev–Trinajstić information content (AvgIpc) is 2.30. The van der Waals surface area contributed by atoms with Gasteiger partial charge in [-0.15, -0.1) is 0 Å². The van der Waals surface area contributed by atoms with E-state index in [1.165, 1.54) is 19.1 Å². The van der Waals surface area contributed by atoms with Crippen molar-refractivity contribution in [3.8, 4) is 6.07 Å². The van der Waals surface area contributed by atoms with Gasteiger partial charge in [0, 0.05) is 25.2 Å². The first-order valence-electron chi connectivity index (χ1n) is 5.20. The van der Waals surface area contributed by atoms with Gasteiger partial charge < -0.3 is 10.0 Å². The van der Waals surface area contributed by atoms with Crippen LogP contribution in [0, 0.1) is 17.1 Å². The lowest BCUT2D eigenvalue weighted by molar-refractivity contribution is -0.132. The number of aliphatic carboxylic acids is 1. The molecule has 1 aromatic carbocycles. The Bertz CT molecular complexity index is 557. The van der Waals surface area contributed by atoms with E-state index in [1.54, 1.807) is 31.1 Å². The van der Waals surface area contributed by atoms with Crippen molar-refractivity contribution in [3.05, 3.63) is 34.6 Å². The Balaban J connectivity index is 3.40. The van der Waals surface area contributed by atoms with E-state index in [2.05, 4.69) is 0 Å². The number of carboxylic acid groups (broad SMARTS) is 1. The summed E-state index contributed by atoms with van der Waals surface area (Å²) in [5.41, 5.74) is 0.472. The van der Waals surface area contributed by atoms with E-state index in [0.29, 0.717) is 5.69 Å². The van der Waals surface area contributed by atoms with E-state index in [1.807, 2.05) is 0 Å². The van der Waals surface area contributed by atoms with Gasteiger partial charge in [-0.05, 0) is 25.1 Å². The van der Waals surface area contributed by atoms with Crippen LogP contribution in [0.3, 0.4) is 0 Å². The van der Waals surface area contributed by atoms with Crippen LogP contribution in [0.4, 0.5) is 10.1 Å². The van der Waals surface area contributed by atoms with E-state index >= 15 is 0 Å². The van der Waals surface area contributed by atoms with Crippen LogP contribution in [0.25, 0.3) is 6.08 Å². The summed E-state index contributed by atoms with van der Waals surface area (Å²) in [7, 11) is 3.40. The molecular weight excluding hydrogens is 235 g/mol. The zero-order chi connectivity index (χ0) is 13.9. The Kier molecular flexibility index (Phi) is 4.05. The fraction of sp³-hybridized carbons (Fsp3) is 0.231. The zero-order valence-electron chi connectivity index (χ0n) is 10.4. The Morgan fingerprint density at radius 2 is 2.11 bits per heavy atom. The molecule has 1 rings (SSSR count). The van der Waals surface area contributed by atoms with Crippen LogP contribution in [-0.4, -0.2) is 25.2 Å². The molecule has 0 unspecified atom stereocenters. The minimum absolute atomic E-state index is 0.00962. The third-order valence-electron chi connectivity index (χ3n) is 2.45. The minimum Gasteiger partial charge on any atom is -0.478 e. The summed E-state index contributed by atoms with van der Waals surface area (Å²) in [4.78, 5) is 12.3. The van der Waals surface area contributed by atoms with E-state index in [9.17, 15) is 9.18 Å². The molecule has 4 nitrogen and oxygen atoms in total.